The molecule has 0 N–H and O–H groups in total. The smallest absolute Gasteiger partial charge is 0.311 e. The van der Waals surface area contributed by atoms with Gasteiger partial charge in [-0.2, -0.15) is 0 Å². The number of hydrogen-bond acceptors (Lipinski definition) is 7. The van der Waals surface area contributed by atoms with Gasteiger partial charge >= 0.3 is 5.97 Å². The van der Waals surface area contributed by atoms with Gasteiger partial charge in [0.15, 0.2) is 4.34 Å². The highest BCUT2D eigenvalue weighted by Crippen LogP contribution is 2.37. The van der Waals surface area contributed by atoms with Crippen LogP contribution in [0.5, 0.6) is 0 Å². The Morgan fingerprint density at radius 1 is 1.52 bits per heavy atom. The molecule has 0 aliphatic carbocycles. The number of nitro benzene ring substituents is 1. The van der Waals surface area contributed by atoms with E-state index in [4.69, 9.17) is 4.74 Å². The molecule has 1 aromatic carbocycles. The van der Waals surface area contributed by atoms with Crippen LogP contribution < -0.4 is 0 Å². The van der Waals surface area contributed by atoms with Gasteiger partial charge in [0.2, 0.25) is 0 Å². The molecule has 8 heteroatoms. The summed E-state index contributed by atoms with van der Waals surface area (Å²) in [7, 11) is 0. The van der Waals surface area contributed by atoms with E-state index in [0.29, 0.717) is 12.3 Å². The van der Waals surface area contributed by atoms with E-state index >= 15 is 0 Å². The van der Waals surface area contributed by atoms with Gasteiger partial charge in [-0.15, -0.1) is 11.3 Å². The van der Waals surface area contributed by atoms with E-state index in [-0.39, 0.29) is 23.3 Å². The molecule has 0 unspecified atom stereocenters. The van der Waals surface area contributed by atoms with Crippen molar-refractivity contribution in [2.45, 2.75) is 29.9 Å². The zero-order valence-corrected chi connectivity index (χ0v) is 14.4. The van der Waals surface area contributed by atoms with E-state index in [2.05, 4.69) is 4.98 Å². The van der Waals surface area contributed by atoms with Gasteiger partial charge in [-0.1, -0.05) is 23.9 Å². The molecular formula is C15H16N2O4S2. The lowest BCUT2D eigenvalue weighted by atomic mass is 10.1. The third-order valence-electron chi connectivity index (χ3n) is 2.99. The Kier molecular flexibility index (Phi) is 6.12. The summed E-state index contributed by atoms with van der Waals surface area (Å²) in [5.41, 5.74) is 1.63. The van der Waals surface area contributed by atoms with E-state index < -0.39 is 4.92 Å². The number of non-ortho nitro benzene ring substituents is 1. The first-order valence-corrected chi connectivity index (χ1v) is 8.76. The number of benzene rings is 1. The van der Waals surface area contributed by atoms with Crippen molar-refractivity contribution >= 4 is 34.8 Å². The lowest BCUT2D eigenvalue weighted by Gasteiger charge is -2.09. The highest BCUT2D eigenvalue weighted by Gasteiger charge is 2.15. The molecule has 2 aromatic rings. The fourth-order valence-electron chi connectivity index (χ4n) is 1.89. The summed E-state index contributed by atoms with van der Waals surface area (Å²) < 4.78 is 5.72. The highest BCUT2D eigenvalue weighted by atomic mass is 32.2. The largest absolute Gasteiger partial charge is 0.466 e. The number of nitro groups is 1. The number of hydrogen-bond donors (Lipinski definition) is 0. The first-order chi connectivity index (χ1) is 11.0. The van der Waals surface area contributed by atoms with Gasteiger partial charge in [0, 0.05) is 22.8 Å². The molecule has 0 saturated carbocycles. The SMILES string of the molecule is CCOC(=O)Cc1csc(S[C@@H](C)c2cccc([N+](=O)[O-])c2)n1. The van der Waals surface area contributed by atoms with E-state index in [1.807, 2.05) is 18.4 Å². The fourth-order valence-corrected chi connectivity index (χ4v) is 3.99. The predicted molar refractivity (Wildman–Crippen MR) is 89.8 cm³/mol. The molecule has 122 valence electrons. The van der Waals surface area contributed by atoms with E-state index in [0.717, 1.165) is 9.90 Å². The van der Waals surface area contributed by atoms with Crippen molar-refractivity contribution in [1.29, 1.82) is 0 Å². The number of aromatic nitrogens is 1. The average Bonchev–Trinajstić information content (AvgIpc) is 2.94. The third-order valence-corrected chi connectivity index (χ3v) is 5.17. The number of thioether (sulfide) groups is 1. The first kappa shape index (κ1) is 17.4. The van der Waals surface area contributed by atoms with Crippen LogP contribution in [0.25, 0.3) is 0 Å². The topological polar surface area (TPSA) is 82.3 Å². The van der Waals surface area contributed by atoms with Crippen molar-refractivity contribution in [3.05, 3.63) is 51.0 Å². The van der Waals surface area contributed by atoms with Crippen molar-refractivity contribution in [2.24, 2.45) is 0 Å². The van der Waals surface area contributed by atoms with E-state index in [1.54, 1.807) is 19.1 Å². The van der Waals surface area contributed by atoms with Crippen LogP contribution in [0.3, 0.4) is 0 Å². The molecule has 0 aliphatic heterocycles. The molecule has 23 heavy (non-hydrogen) atoms. The van der Waals surface area contributed by atoms with Gasteiger partial charge in [0.1, 0.15) is 0 Å². The van der Waals surface area contributed by atoms with Crippen LogP contribution in [0, 0.1) is 10.1 Å². The summed E-state index contributed by atoms with van der Waals surface area (Å²) in [4.78, 5) is 26.3. The molecule has 0 spiro atoms. The number of rotatable bonds is 7. The Bertz CT molecular complexity index is 702. The Balaban J connectivity index is 2.02. The maximum atomic E-state index is 11.4. The lowest BCUT2D eigenvalue weighted by molar-refractivity contribution is -0.384. The molecule has 6 nitrogen and oxygen atoms in total. The van der Waals surface area contributed by atoms with Crippen molar-refractivity contribution in [3.8, 4) is 0 Å². The maximum Gasteiger partial charge on any atom is 0.311 e. The zero-order chi connectivity index (χ0) is 16.8. The van der Waals surface area contributed by atoms with Crippen molar-refractivity contribution in [2.75, 3.05) is 6.61 Å². The standard InChI is InChI=1S/C15H16N2O4S2/c1-3-21-14(18)8-12-9-22-15(16-12)23-10(2)11-5-4-6-13(7-11)17(19)20/h4-7,9-10H,3,8H2,1-2H3/t10-/m0/s1. The summed E-state index contributed by atoms with van der Waals surface area (Å²) in [6.07, 6.45) is 0.163. The molecule has 0 saturated heterocycles. The normalized spacial score (nSPS) is 11.9. The van der Waals surface area contributed by atoms with Gasteiger partial charge in [0.05, 0.1) is 23.6 Å². The fraction of sp³-hybridized carbons (Fsp3) is 0.333. The highest BCUT2D eigenvalue weighted by molar-refractivity contribution is 8.01. The predicted octanol–water partition coefficient (Wildman–Crippen LogP) is 4.01. The third kappa shape index (κ3) is 5.04. The van der Waals surface area contributed by atoms with Crippen LogP contribution in [0.15, 0.2) is 34.0 Å². The second-order valence-corrected chi connectivity index (χ2v) is 7.14. The Morgan fingerprint density at radius 3 is 3.00 bits per heavy atom. The number of carbonyl (C=O) groups excluding carboxylic acids is 1. The van der Waals surface area contributed by atoms with Crippen molar-refractivity contribution < 1.29 is 14.5 Å². The molecule has 0 amide bonds. The molecule has 1 aromatic heterocycles. The van der Waals surface area contributed by atoms with Crippen molar-refractivity contribution in [3.63, 3.8) is 0 Å². The molecule has 0 aliphatic rings. The second-order valence-electron chi connectivity index (χ2n) is 4.70. The van der Waals surface area contributed by atoms with Gasteiger partial charge < -0.3 is 4.74 Å². The maximum absolute atomic E-state index is 11.4. The summed E-state index contributed by atoms with van der Waals surface area (Å²) in [6.45, 7) is 4.09. The second kappa shape index (κ2) is 8.07. The Morgan fingerprint density at radius 2 is 2.30 bits per heavy atom. The molecular weight excluding hydrogens is 336 g/mol. The first-order valence-electron chi connectivity index (χ1n) is 7.00. The molecule has 2 rings (SSSR count). The minimum atomic E-state index is -0.401. The van der Waals surface area contributed by atoms with Crippen LogP contribution in [-0.2, 0) is 16.0 Å². The number of carbonyl (C=O) groups is 1. The number of nitrogens with zero attached hydrogens (tertiary/aromatic N) is 2. The molecule has 1 heterocycles. The van der Waals surface area contributed by atoms with Gasteiger partial charge in [0.25, 0.3) is 5.69 Å². The van der Waals surface area contributed by atoms with E-state index in [1.165, 1.54) is 29.2 Å². The Labute approximate surface area is 142 Å². The van der Waals surface area contributed by atoms with Crippen LogP contribution in [0.4, 0.5) is 5.69 Å². The average molecular weight is 352 g/mol. The number of esters is 1. The van der Waals surface area contributed by atoms with Gasteiger partial charge in [-0.05, 0) is 19.4 Å². The Hall–Kier alpha value is -1.93. The minimum Gasteiger partial charge on any atom is -0.466 e. The summed E-state index contributed by atoms with van der Waals surface area (Å²) in [5, 5.41) is 12.7. The minimum absolute atomic E-state index is 0.0245. The van der Waals surface area contributed by atoms with Crippen molar-refractivity contribution in [1.82, 2.24) is 4.98 Å². The van der Waals surface area contributed by atoms with Gasteiger partial charge in [-0.3, -0.25) is 14.9 Å². The van der Waals surface area contributed by atoms with Crippen LogP contribution >= 0.6 is 23.1 Å². The summed E-state index contributed by atoms with van der Waals surface area (Å²) >= 11 is 2.96. The van der Waals surface area contributed by atoms with Crippen LogP contribution in [-0.4, -0.2) is 22.5 Å². The quantitative estimate of drug-likeness (QED) is 0.324. The van der Waals surface area contributed by atoms with Gasteiger partial charge in [-0.25, -0.2) is 4.98 Å². The monoisotopic (exact) mass is 352 g/mol. The van der Waals surface area contributed by atoms with Crippen LogP contribution in [0.1, 0.15) is 30.4 Å². The number of thiazole rings is 1. The molecule has 0 bridgehead atoms. The lowest BCUT2D eigenvalue weighted by Crippen LogP contribution is -2.07. The van der Waals surface area contributed by atoms with E-state index in [9.17, 15) is 14.9 Å². The molecule has 0 fully saturated rings. The number of ether oxygens (including phenoxy) is 1. The molecule has 1 atom stereocenters. The van der Waals surface area contributed by atoms with Crippen LogP contribution in [0.2, 0.25) is 0 Å². The summed E-state index contributed by atoms with van der Waals surface area (Å²) in [5.74, 6) is -0.291. The summed E-state index contributed by atoms with van der Waals surface area (Å²) in [6, 6.07) is 6.59. The molecule has 0 radical (unpaired) electrons. The zero-order valence-electron chi connectivity index (χ0n) is 12.7.